The number of likely N-dealkylation sites (N-methyl/N-ethyl adjacent to an activating group) is 1. The molecule has 1 atom stereocenters. The van der Waals surface area contributed by atoms with Gasteiger partial charge >= 0.3 is 0 Å². The van der Waals surface area contributed by atoms with Crippen molar-refractivity contribution in [2.75, 3.05) is 7.05 Å². The Morgan fingerprint density at radius 1 is 1.50 bits per heavy atom. The summed E-state index contributed by atoms with van der Waals surface area (Å²) in [5.41, 5.74) is 0.928. The zero-order valence-electron chi connectivity index (χ0n) is 10.3. The fourth-order valence-corrected chi connectivity index (χ4v) is 2.36. The summed E-state index contributed by atoms with van der Waals surface area (Å²) in [4.78, 5) is 4.33. The molecule has 2 aromatic rings. The Kier molecular flexibility index (Phi) is 4.14. The third-order valence-electron chi connectivity index (χ3n) is 2.95. The van der Waals surface area contributed by atoms with Crippen molar-refractivity contribution in [1.29, 1.82) is 0 Å². The van der Waals surface area contributed by atoms with Crippen LogP contribution in [-0.4, -0.2) is 16.6 Å². The van der Waals surface area contributed by atoms with Crippen molar-refractivity contribution in [3.05, 3.63) is 52.3 Å². The zero-order chi connectivity index (χ0) is 13.1. The van der Waals surface area contributed by atoms with E-state index in [2.05, 4.69) is 26.2 Å². The highest BCUT2D eigenvalue weighted by molar-refractivity contribution is 9.10. The summed E-state index contributed by atoms with van der Waals surface area (Å²) in [6.07, 6.45) is 4.35. The van der Waals surface area contributed by atoms with Crippen molar-refractivity contribution in [2.24, 2.45) is 7.05 Å². The molecule has 1 unspecified atom stereocenters. The third-order valence-corrected chi connectivity index (χ3v) is 3.72. The molecule has 2 rings (SSSR count). The largest absolute Gasteiger partial charge is 0.337 e. The van der Waals surface area contributed by atoms with Crippen LogP contribution < -0.4 is 5.32 Å². The molecular formula is C13H15BrFN3. The van der Waals surface area contributed by atoms with Crippen LogP contribution in [0.3, 0.4) is 0 Å². The van der Waals surface area contributed by atoms with E-state index in [0.717, 1.165) is 15.9 Å². The van der Waals surface area contributed by atoms with Gasteiger partial charge in [0.15, 0.2) is 0 Å². The minimum absolute atomic E-state index is 0.0584. The number of nitrogens with zero attached hydrogens (tertiary/aromatic N) is 2. The number of nitrogens with one attached hydrogen (secondary N) is 1. The van der Waals surface area contributed by atoms with Gasteiger partial charge in [0.2, 0.25) is 0 Å². The highest BCUT2D eigenvalue weighted by Gasteiger charge is 2.16. The summed E-state index contributed by atoms with van der Waals surface area (Å²) in [7, 11) is 3.83. The normalized spacial score (nSPS) is 12.7. The summed E-state index contributed by atoms with van der Waals surface area (Å²) in [5.74, 6) is 0.719. The number of halogens is 2. The Morgan fingerprint density at radius 2 is 2.28 bits per heavy atom. The van der Waals surface area contributed by atoms with Crippen LogP contribution in [-0.2, 0) is 13.5 Å². The minimum Gasteiger partial charge on any atom is -0.337 e. The van der Waals surface area contributed by atoms with Crippen LogP contribution in [0.4, 0.5) is 4.39 Å². The van der Waals surface area contributed by atoms with Gasteiger partial charge in [-0.05, 0) is 37.2 Å². The van der Waals surface area contributed by atoms with Gasteiger partial charge in [-0.25, -0.2) is 9.37 Å². The van der Waals surface area contributed by atoms with Crippen molar-refractivity contribution in [3.8, 4) is 0 Å². The van der Waals surface area contributed by atoms with Gasteiger partial charge in [0.25, 0.3) is 0 Å². The molecular weight excluding hydrogens is 297 g/mol. The van der Waals surface area contributed by atoms with Crippen molar-refractivity contribution in [3.63, 3.8) is 0 Å². The highest BCUT2D eigenvalue weighted by Crippen LogP contribution is 2.23. The number of benzene rings is 1. The molecule has 0 spiro atoms. The lowest BCUT2D eigenvalue weighted by Gasteiger charge is -2.17. The molecule has 0 aliphatic rings. The van der Waals surface area contributed by atoms with Crippen molar-refractivity contribution in [2.45, 2.75) is 12.5 Å². The second-order valence-corrected chi connectivity index (χ2v) is 5.03. The quantitative estimate of drug-likeness (QED) is 0.941. The number of aromatic nitrogens is 2. The van der Waals surface area contributed by atoms with Crippen LogP contribution in [0.2, 0.25) is 0 Å². The summed E-state index contributed by atoms with van der Waals surface area (Å²) in [5, 5.41) is 3.21. The van der Waals surface area contributed by atoms with E-state index < -0.39 is 0 Å². The second-order valence-electron chi connectivity index (χ2n) is 4.18. The van der Waals surface area contributed by atoms with E-state index in [1.807, 2.05) is 24.9 Å². The number of rotatable bonds is 4. The van der Waals surface area contributed by atoms with Gasteiger partial charge in [0, 0.05) is 23.9 Å². The maximum atomic E-state index is 13.3. The Balaban J connectivity index is 2.26. The molecule has 1 aromatic heterocycles. The van der Waals surface area contributed by atoms with Crippen molar-refractivity contribution in [1.82, 2.24) is 14.9 Å². The molecule has 1 heterocycles. The lowest BCUT2D eigenvalue weighted by molar-refractivity contribution is 0.535. The zero-order valence-corrected chi connectivity index (χ0v) is 11.9. The molecule has 0 aliphatic heterocycles. The Bertz CT molecular complexity index is 539. The van der Waals surface area contributed by atoms with Crippen LogP contribution in [0.5, 0.6) is 0 Å². The molecule has 1 N–H and O–H groups in total. The SMILES string of the molecule is CNC(Cc1cc(F)ccc1Br)c1nccn1C. The van der Waals surface area contributed by atoms with E-state index in [-0.39, 0.29) is 11.9 Å². The van der Waals surface area contributed by atoms with Gasteiger partial charge in [-0.1, -0.05) is 15.9 Å². The summed E-state index contributed by atoms with van der Waals surface area (Å²) >= 11 is 3.45. The monoisotopic (exact) mass is 311 g/mol. The molecule has 96 valence electrons. The maximum Gasteiger partial charge on any atom is 0.125 e. The first-order chi connectivity index (χ1) is 8.61. The number of imidazole rings is 1. The smallest absolute Gasteiger partial charge is 0.125 e. The lowest BCUT2D eigenvalue weighted by atomic mass is 10.1. The molecule has 0 radical (unpaired) electrons. The van der Waals surface area contributed by atoms with Crippen LogP contribution in [0.1, 0.15) is 17.4 Å². The minimum atomic E-state index is -0.220. The third kappa shape index (κ3) is 2.79. The summed E-state index contributed by atoms with van der Waals surface area (Å²) in [6.45, 7) is 0. The average molecular weight is 312 g/mol. The van der Waals surface area contributed by atoms with E-state index in [1.54, 1.807) is 18.3 Å². The van der Waals surface area contributed by atoms with Gasteiger partial charge in [0.1, 0.15) is 11.6 Å². The number of aryl methyl sites for hydroxylation is 1. The Hall–Kier alpha value is -1.20. The van der Waals surface area contributed by atoms with E-state index in [1.165, 1.54) is 6.07 Å². The molecule has 5 heteroatoms. The number of hydrogen-bond acceptors (Lipinski definition) is 2. The Morgan fingerprint density at radius 3 is 2.89 bits per heavy atom. The second kappa shape index (κ2) is 5.63. The molecule has 1 aromatic carbocycles. The Labute approximate surface area is 114 Å². The molecule has 0 amide bonds. The summed E-state index contributed by atoms with van der Waals surface area (Å²) in [6, 6.07) is 4.79. The van der Waals surface area contributed by atoms with E-state index in [4.69, 9.17) is 0 Å². The molecule has 3 nitrogen and oxygen atoms in total. The molecule has 0 saturated carbocycles. The number of hydrogen-bond donors (Lipinski definition) is 1. The van der Waals surface area contributed by atoms with Crippen LogP contribution in [0.25, 0.3) is 0 Å². The van der Waals surface area contributed by atoms with Gasteiger partial charge in [-0.2, -0.15) is 0 Å². The standard InChI is InChI=1S/C13H15BrFN3/c1-16-12(13-17-5-6-18(13)2)8-9-7-10(15)3-4-11(9)14/h3-7,12,16H,8H2,1-2H3. The average Bonchev–Trinajstić information content (AvgIpc) is 2.77. The van der Waals surface area contributed by atoms with Gasteiger partial charge in [-0.3, -0.25) is 0 Å². The van der Waals surface area contributed by atoms with Crippen LogP contribution >= 0.6 is 15.9 Å². The fraction of sp³-hybridized carbons (Fsp3) is 0.308. The molecule has 0 saturated heterocycles. The molecule has 0 bridgehead atoms. The first-order valence-electron chi connectivity index (χ1n) is 5.70. The predicted molar refractivity (Wildman–Crippen MR) is 72.8 cm³/mol. The molecule has 0 fully saturated rings. The van der Waals surface area contributed by atoms with Crippen LogP contribution in [0, 0.1) is 5.82 Å². The van der Waals surface area contributed by atoms with Crippen LogP contribution in [0.15, 0.2) is 35.1 Å². The van der Waals surface area contributed by atoms with Gasteiger partial charge in [-0.15, -0.1) is 0 Å². The first kappa shape index (κ1) is 13.2. The van der Waals surface area contributed by atoms with E-state index in [9.17, 15) is 4.39 Å². The topological polar surface area (TPSA) is 29.9 Å². The fourth-order valence-electron chi connectivity index (χ4n) is 1.96. The van der Waals surface area contributed by atoms with Gasteiger partial charge in [0.05, 0.1) is 6.04 Å². The van der Waals surface area contributed by atoms with Gasteiger partial charge < -0.3 is 9.88 Å². The first-order valence-corrected chi connectivity index (χ1v) is 6.49. The maximum absolute atomic E-state index is 13.3. The van der Waals surface area contributed by atoms with E-state index in [0.29, 0.717) is 6.42 Å². The predicted octanol–water partition coefficient (Wildman–Crippen LogP) is 2.82. The van der Waals surface area contributed by atoms with Crippen molar-refractivity contribution >= 4 is 15.9 Å². The van der Waals surface area contributed by atoms with E-state index >= 15 is 0 Å². The lowest BCUT2D eigenvalue weighted by Crippen LogP contribution is -2.22. The molecule has 0 aliphatic carbocycles. The van der Waals surface area contributed by atoms with Crippen molar-refractivity contribution < 1.29 is 4.39 Å². The summed E-state index contributed by atoms with van der Waals surface area (Å²) < 4.78 is 16.1. The molecule has 18 heavy (non-hydrogen) atoms. The highest BCUT2D eigenvalue weighted by atomic mass is 79.9.